The molecule has 2 heterocycles. The predicted octanol–water partition coefficient (Wildman–Crippen LogP) is 2.65. The van der Waals surface area contributed by atoms with Crippen LogP contribution in [0.25, 0.3) is 12.2 Å². The van der Waals surface area contributed by atoms with Crippen LogP contribution in [0, 0.1) is 0 Å². The average Bonchev–Trinajstić information content (AvgIpc) is 2.29. The summed E-state index contributed by atoms with van der Waals surface area (Å²) >= 11 is 0. The van der Waals surface area contributed by atoms with Gasteiger partial charge in [-0.05, 0) is 36.4 Å². The van der Waals surface area contributed by atoms with E-state index in [-0.39, 0.29) is 0 Å². The van der Waals surface area contributed by atoms with Gasteiger partial charge in [0.1, 0.15) is 0 Å². The van der Waals surface area contributed by atoms with Gasteiger partial charge in [0.05, 0.1) is 11.4 Å². The largest absolute Gasteiger partial charge is 0.257 e. The molecule has 0 saturated heterocycles. The van der Waals surface area contributed by atoms with Gasteiger partial charge in [-0.3, -0.25) is 9.97 Å². The molecule has 0 saturated carbocycles. The molecule has 0 radical (unpaired) electrons. The van der Waals surface area contributed by atoms with Gasteiger partial charge in [0.25, 0.3) is 0 Å². The Hall–Kier alpha value is -1.96. The molecule has 0 atom stereocenters. The van der Waals surface area contributed by atoms with E-state index in [1.807, 2.05) is 48.6 Å². The molecule has 0 aliphatic heterocycles. The van der Waals surface area contributed by atoms with Gasteiger partial charge < -0.3 is 0 Å². The summed E-state index contributed by atoms with van der Waals surface area (Å²) in [5.74, 6) is 0. The molecular weight excluding hydrogens is 172 g/mol. The van der Waals surface area contributed by atoms with Crippen molar-refractivity contribution < 1.29 is 0 Å². The quantitative estimate of drug-likeness (QED) is 0.713. The van der Waals surface area contributed by atoms with Crippen LogP contribution in [0.2, 0.25) is 0 Å². The molecule has 2 rings (SSSR count). The molecule has 0 spiro atoms. The first-order chi connectivity index (χ1) is 6.95. The van der Waals surface area contributed by atoms with E-state index in [9.17, 15) is 0 Å². The molecule has 68 valence electrons. The van der Waals surface area contributed by atoms with Crippen molar-refractivity contribution >= 4 is 12.2 Å². The summed E-state index contributed by atoms with van der Waals surface area (Å²) < 4.78 is 0. The van der Waals surface area contributed by atoms with Crippen LogP contribution in [0.5, 0.6) is 0 Å². The topological polar surface area (TPSA) is 25.8 Å². The molecule has 0 unspecified atom stereocenters. The Morgan fingerprint density at radius 3 is 1.57 bits per heavy atom. The average molecular weight is 182 g/mol. The van der Waals surface area contributed by atoms with Crippen LogP contribution in [0.1, 0.15) is 11.4 Å². The summed E-state index contributed by atoms with van der Waals surface area (Å²) in [4.78, 5) is 8.36. The lowest BCUT2D eigenvalue weighted by atomic mass is 10.3. The zero-order chi connectivity index (χ0) is 9.64. The van der Waals surface area contributed by atoms with Crippen LogP contribution >= 0.6 is 0 Å². The molecule has 0 amide bonds. The Labute approximate surface area is 83.0 Å². The third-order valence-electron chi connectivity index (χ3n) is 1.80. The monoisotopic (exact) mass is 182 g/mol. The summed E-state index contributed by atoms with van der Waals surface area (Å²) in [6.07, 6.45) is 7.45. The number of hydrogen-bond acceptors (Lipinski definition) is 2. The van der Waals surface area contributed by atoms with Crippen LogP contribution in [-0.2, 0) is 0 Å². The van der Waals surface area contributed by atoms with E-state index in [4.69, 9.17) is 0 Å². The van der Waals surface area contributed by atoms with Gasteiger partial charge in [-0.25, -0.2) is 0 Å². The Morgan fingerprint density at radius 2 is 1.21 bits per heavy atom. The third kappa shape index (κ3) is 2.26. The number of rotatable bonds is 2. The van der Waals surface area contributed by atoms with Crippen LogP contribution < -0.4 is 0 Å². The lowest BCUT2D eigenvalue weighted by Crippen LogP contribution is -1.79. The number of hydrogen-bond donors (Lipinski definition) is 0. The van der Waals surface area contributed by atoms with Gasteiger partial charge in [-0.1, -0.05) is 12.1 Å². The molecule has 0 N–H and O–H groups in total. The van der Waals surface area contributed by atoms with Gasteiger partial charge >= 0.3 is 0 Å². The van der Waals surface area contributed by atoms with E-state index >= 15 is 0 Å². The lowest BCUT2D eigenvalue weighted by Gasteiger charge is -1.91. The highest BCUT2D eigenvalue weighted by Crippen LogP contribution is 2.02. The number of aromatic nitrogens is 2. The van der Waals surface area contributed by atoms with E-state index in [2.05, 4.69) is 9.97 Å². The van der Waals surface area contributed by atoms with Gasteiger partial charge in [0.2, 0.25) is 0 Å². The highest BCUT2D eigenvalue weighted by atomic mass is 14.7. The molecule has 2 aromatic rings. The van der Waals surface area contributed by atoms with Crippen LogP contribution in [0.4, 0.5) is 0 Å². The second-order valence-electron chi connectivity index (χ2n) is 2.84. The smallest absolute Gasteiger partial charge is 0.0630 e. The molecule has 0 fully saturated rings. The second kappa shape index (κ2) is 4.33. The van der Waals surface area contributed by atoms with E-state index in [0.29, 0.717) is 0 Å². The van der Waals surface area contributed by atoms with E-state index in [0.717, 1.165) is 11.4 Å². The van der Waals surface area contributed by atoms with E-state index in [1.54, 1.807) is 12.4 Å². The number of nitrogens with zero attached hydrogens (tertiary/aromatic N) is 2. The molecule has 14 heavy (non-hydrogen) atoms. The van der Waals surface area contributed by atoms with Crippen molar-refractivity contribution in [2.75, 3.05) is 0 Å². The number of pyridine rings is 2. The SMILES string of the molecule is C(=C\c1ccccn1)/c1ccccn1. The van der Waals surface area contributed by atoms with E-state index in [1.165, 1.54) is 0 Å². The standard InChI is InChI=1S/C12H10N2/c1-3-9-13-11(5-1)7-8-12-6-2-4-10-14-12/h1-10H/b8-7+. The van der Waals surface area contributed by atoms with Crippen molar-refractivity contribution in [3.8, 4) is 0 Å². The summed E-state index contributed by atoms with van der Waals surface area (Å²) in [6, 6.07) is 11.6. The van der Waals surface area contributed by atoms with Gasteiger partial charge in [0.15, 0.2) is 0 Å². The minimum atomic E-state index is 0.943. The molecule has 2 heteroatoms. The van der Waals surface area contributed by atoms with Crippen LogP contribution in [0.3, 0.4) is 0 Å². The summed E-state index contributed by atoms with van der Waals surface area (Å²) in [5.41, 5.74) is 1.89. The molecule has 0 bridgehead atoms. The summed E-state index contributed by atoms with van der Waals surface area (Å²) in [6.45, 7) is 0. The summed E-state index contributed by atoms with van der Waals surface area (Å²) in [5, 5.41) is 0. The Bertz CT molecular complexity index is 365. The van der Waals surface area contributed by atoms with E-state index < -0.39 is 0 Å². The minimum Gasteiger partial charge on any atom is -0.257 e. The van der Waals surface area contributed by atoms with Crippen molar-refractivity contribution in [1.82, 2.24) is 9.97 Å². The molecule has 0 aromatic carbocycles. The fraction of sp³-hybridized carbons (Fsp3) is 0. The normalized spacial score (nSPS) is 10.6. The second-order valence-corrected chi connectivity index (χ2v) is 2.84. The predicted molar refractivity (Wildman–Crippen MR) is 57.4 cm³/mol. The minimum absolute atomic E-state index is 0.943. The first kappa shape index (κ1) is 8.63. The zero-order valence-corrected chi connectivity index (χ0v) is 7.67. The van der Waals surface area contributed by atoms with Gasteiger partial charge in [-0.15, -0.1) is 0 Å². The highest BCUT2D eigenvalue weighted by Gasteiger charge is 1.86. The first-order valence-electron chi connectivity index (χ1n) is 4.45. The first-order valence-corrected chi connectivity index (χ1v) is 4.45. The Balaban J connectivity index is 2.16. The highest BCUT2D eigenvalue weighted by molar-refractivity contribution is 5.65. The molecule has 2 aromatic heterocycles. The van der Waals surface area contributed by atoms with Crippen LogP contribution in [0.15, 0.2) is 48.8 Å². The van der Waals surface area contributed by atoms with Crippen molar-refractivity contribution in [3.05, 3.63) is 60.2 Å². The molecule has 0 aliphatic carbocycles. The van der Waals surface area contributed by atoms with Crippen molar-refractivity contribution in [2.45, 2.75) is 0 Å². The van der Waals surface area contributed by atoms with Crippen LogP contribution in [-0.4, -0.2) is 9.97 Å². The Morgan fingerprint density at radius 1 is 0.714 bits per heavy atom. The fourth-order valence-corrected chi connectivity index (χ4v) is 1.12. The van der Waals surface area contributed by atoms with Crippen molar-refractivity contribution in [1.29, 1.82) is 0 Å². The third-order valence-corrected chi connectivity index (χ3v) is 1.80. The zero-order valence-electron chi connectivity index (χ0n) is 7.67. The van der Waals surface area contributed by atoms with Crippen molar-refractivity contribution in [3.63, 3.8) is 0 Å². The maximum absolute atomic E-state index is 4.18. The van der Waals surface area contributed by atoms with Gasteiger partial charge in [0, 0.05) is 12.4 Å². The fourth-order valence-electron chi connectivity index (χ4n) is 1.12. The van der Waals surface area contributed by atoms with Gasteiger partial charge in [-0.2, -0.15) is 0 Å². The molecular formula is C12H10N2. The maximum atomic E-state index is 4.18. The maximum Gasteiger partial charge on any atom is 0.0630 e. The van der Waals surface area contributed by atoms with Crippen molar-refractivity contribution in [2.24, 2.45) is 0 Å². The summed E-state index contributed by atoms with van der Waals surface area (Å²) in [7, 11) is 0. The molecule has 2 nitrogen and oxygen atoms in total. The lowest BCUT2D eigenvalue weighted by molar-refractivity contribution is 1.28. The molecule has 0 aliphatic rings. The Kier molecular flexibility index (Phi) is 2.67.